The van der Waals surface area contributed by atoms with E-state index in [9.17, 15) is 8.42 Å². The Morgan fingerprint density at radius 1 is 1.06 bits per heavy atom. The van der Waals surface area contributed by atoms with Crippen molar-refractivity contribution in [1.29, 1.82) is 0 Å². The molecule has 7 heteroatoms. The van der Waals surface area contributed by atoms with E-state index in [1.54, 1.807) is 7.05 Å². The Hall–Kier alpha value is -0.210. The monoisotopic (exact) mass is 282 g/mol. The Morgan fingerprint density at radius 3 is 2.06 bits per heavy atom. The number of ether oxygens (including phenoxy) is 1. The van der Waals surface area contributed by atoms with Crippen LogP contribution in [0.15, 0.2) is 0 Å². The SMILES string of the molecule is CCCN(CCC)S(=O)(=O)N(C)CCOCCO. The molecule has 0 amide bonds. The summed E-state index contributed by atoms with van der Waals surface area (Å²) < 4.78 is 32.3. The van der Waals surface area contributed by atoms with Crippen LogP contribution in [0.25, 0.3) is 0 Å². The third-order valence-corrected chi connectivity index (χ3v) is 4.44. The van der Waals surface area contributed by atoms with Crippen molar-refractivity contribution < 1.29 is 18.3 Å². The predicted octanol–water partition coefficient (Wildman–Crippen LogP) is 0.294. The number of nitrogens with zero attached hydrogens (tertiary/aromatic N) is 2. The molecule has 0 bridgehead atoms. The highest BCUT2D eigenvalue weighted by atomic mass is 32.2. The Bertz CT molecular complexity index is 289. The highest BCUT2D eigenvalue weighted by Gasteiger charge is 2.25. The fourth-order valence-corrected chi connectivity index (χ4v) is 3.04. The van der Waals surface area contributed by atoms with E-state index < -0.39 is 10.2 Å². The van der Waals surface area contributed by atoms with Crippen molar-refractivity contribution in [3.63, 3.8) is 0 Å². The first kappa shape index (κ1) is 17.8. The van der Waals surface area contributed by atoms with Gasteiger partial charge in [0, 0.05) is 26.7 Å². The molecule has 0 atom stereocenters. The van der Waals surface area contributed by atoms with Crippen LogP contribution in [0.4, 0.5) is 0 Å². The van der Waals surface area contributed by atoms with Crippen LogP contribution >= 0.6 is 0 Å². The largest absolute Gasteiger partial charge is 0.394 e. The molecular formula is C11H26N2O4S. The molecule has 0 aromatic heterocycles. The van der Waals surface area contributed by atoms with Crippen LogP contribution in [0.1, 0.15) is 26.7 Å². The number of likely N-dealkylation sites (N-methyl/N-ethyl adjacent to an activating group) is 1. The molecule has 0 unspecified atom stereocenters. The molecule has 0 rings (SSSR count). The molecule has 0 aromatic rings. The second-order valence-electron chi connectivity index (χ2n) is 4.06. The molecule has 6 nitrogen and oxygen atoms in total. The first-order valence-corrected chi connectivity index (χ1v) is 7.80. The average Bonchev–Trinajstić information content (AvgIpc) is 2.34. The van der Waals surface area contributed by atoms with Gasteiger partial charge in [-0.1, -0.05) is 13.8 Å². The van der Waals surface area contributed by atoms with Gasteiger partial charge in [-0.2, -0.15) is 17.0 Å². The number of aliphatic hydroxyl groups is 1. The maximum absolute atomic E-state index is 12.2. The van der Waals surface area contributed by atoms with Crippen molar-refractivity contribution in [1.82, 2.24) is 8.61 Å². The zero-order chi connectivity index (χ0) is 14.0. The summed E-state index contributed by atoms with van der Waals surface area (Å²) in [4.78, 5) is 0. The minimum Gasteiger partial charge on any atom is -0.394 e. The van der Waals surface area contributed by atoms with Crippen LogP contribution in [0.3, 0.4) is 0 Å². The maximum atomic E-state index is 12.2. The Balaban J connectivity index is 4.37. The molecule has 1 N–H and O–H groups in total. The lowest BCUT2D eigenvalue weighted by atomic mass is 10.4. The van der Waals surface area contributed by atoms with Gasteiger partial charge in [-0.15, -0.1) is 0 Å². The molecule has 0 aliphatic carbocycles. The highest BCUT2D eigenvalue weighted by molar-refractivity contribution is 7.86. The zero-order valence-corrected chi connectivity index (χ0v) is 12.4. The molecular weight excluding hydrogens is 256 g/mol. The normalized spacial score (nSPS) is 12.6. The first-order chi connectivity index (χ1) is 8.50. The van der Waals surface area contributed by atoms with Crippen molar-refractivity contribution in [2.24, 2.45) is 0 Å². The predicted molar refractivity (Wildman–Crippen MR) is 71.6 cm³/mol. The summed E-state index contributed by atoms with van der Waals surface area (Å²) >= 11 is 0. The van der Waals surface area contributed by atoms with Crippen molar-refractivity contribution in [2.45, 2.75) is 26.7 Å². The lowest BCUT2D eigenvalue weighted by Crippen LogP contribution is -2.43. The van der Waals surface area contributed by atoms with Crippen LogP contribution in [-0.4, -0.2) is 68.6 Å². The van der Waals surface area contributed by atoms with E-state index in [-0.39, 0.29) is 13.2 Å². The van der Waals surface area contributed by atoms with Crippen LogP contribution in [0.2, 0.25) is 0 Å². The molecule has 0 fully saturated rings. The number of hydrogen-bond acceptors (Lipinski definition) is 4. The minimum atomic E-state index is -3.39. The van der Waals surface area contributed by atoms with Gasteiger partial charge in [0.1, 0.15) is 0 Å². The molecule has 18 heavy (non-hydrogen) atoms. The van der Waals surface area contributed by atoms with Gasteiger partial charge in [-0.25, -0.2) is 0 Å². The fraction of sp³-hybridized carbons (Fsp3) is 1.00. The quantitative estimate of drug-likeness (QED) is 0.553. The second kappa shape index (κ2) is 9.69. The third-order valence-electron chi connectivity index (χ3n) is 2.45. The van der Waals surface area contributed by atoms with E-state index >= 15 is 0 Å². The molecule has 0 saturated heterocycles. The van der Waals surface area contributed by atoms with Gasteiger partial charge < -0.3 is 9.84 Å². The molecule has 0 saturated carbocycles. The molecule has 0 spiro atoms. The van der Waals surface area contributed by atoms with E-state index in [1.165, 1.54) is 8.61 Å². The van der Waals surface area contributed by atoms with Gasteiger partial charge in [0.2, 0.25) is 0 Å². The van der Waals surface area contributed by atoms with Gasteiger partial charge in [0.15, 0.2) is 0 Å². The molecule has 0 aromatic carbocycles. The lowest BCUT2D eigenvalue weighted by Gasteiger charge is -2.26. The fourth-order valence-electron chi connectivity index (χ4n) is 1.51. The smallest absolute Gasteiger partial charge is 0.281 e. The van der Waals surface area contributed by atoms with Gasteiger partial charge in [0.25, 0.3) is 10.2 Å². The van der Waals surface area contributed by atoms with Gasteiger partial charge >= 0.3 is 0 Å². The Kier molecular flexibility index (Phi) is 9.57. The molecule has 110 valence electrons. The van der Waals surface area contributed by atoms with Crippen LogP contribution in [0.5, 0.6) is 0 Å². The Labute approximate surface area is 111 Å². The Morgan fingerprint density at radius 2 is 1.61 bits per heavy atom. The summed E-state index contributed by atoms with van der Waals surface area (Å²) in [6, 6.07) is 0. The summed E-state index contributed by atoms with van der Waals surface area (Å²) in [5, 5.41) is 8.55. The average molecular weight is 282 g/mol. The summed E-state index contributed by atoms with van der Waals surface area (Å²) in [6.45, 7) is 5.78. The molecule has 0 aliphatic heterocycles. The second-order valence-corrected chi connectivity index (χ2v) is 6.10. The van der Waals surface area contributed by atoms with Crippen molar-refractivity contribution in [3.8, 4) is 0 Å². The molecule has 0 aliphatic rings. The summed E-state index contributed by atoms with van der Waals surface area (Å²) in [5.41, 5.74) is 0. The number of hydrogen-bond donors (Lipinski definition) is 1. The third kappa shape index (κ3) is 6.10. The summed E-state index contributed by atoms with van der Waals surface area (Å²) in [5.74, 6) is 0. The summed E-state index contributed by atoms with van der Waals surface area (Å²) in [6.07, 6.45) is 1.60. The molecule has 0 radical (unpaired) electrons. The van der Waals surface area contributed by atoms with Gasteiger partial charge in [-0.3, -0.25) is 0 Å². The summed E-state index contributed by atoms with van der Waals surface area (Å²) in [7, 11) is -1.84. The number of rotatable bonds is 11. The van der Waals surface area contributed by atoms with E-state index in [2.05, 4.69) is 0 Å². The van der Waals surface area contributed by atoms with Crippen LogP contribution < -0.4 is 0 Å². The lowest BCUT2D eigenvalue weighted by molar-refractivity contribution is 0.0870. The van der Waals surface area contributed by atoms with Crippen LogP contribution in [0, 0.1) is 0 Å². The van der Waals surface area contributed by atoms with Crippen LogP contribution in [-0.2, 0) is 14.9 Å². The van der Waals surface area contributed by atoms with Gasteiger partial charge in [0.05, 0.1) is 19.8 Å². The van der Waals surface area contributed by atoms with Crippen molar-refractivity contribution in [2.75, 3.05) is 46.5 Å². The highest BCUT2D eigenvalue weighted by Crippen LogP contribution is 2.08. The number of aliphatic hydroxyl groups excluding tert-OH is 1. The standard InChI is InChI=1S/C11H26N2O4S/c1-4-6-13(7-5-2)18(15,16)12(3)8-10-17-11-9-14/h14H,4-11H2,1-3H3. The topological polar surface area (TPSA) is 70.1 Å². The van der Waals surface area contributed by atoms with E-state index in [1.807, 2.05) is 13.8 Å². The minimum absolute atomic E-state index is 0.0474. The van der Waals surface area contributed by atoms with E-state index in [0.29, 0.717) is 26.2 Å². The zero-order valence-electron chi connectivity index (χ0n) is 11.6. The first-order valence-electron chi connectivity index (χ1n) is 6.40. The van der Waals surface area contributed by atoms with E-state index in [4.69, 9.17) is 9.84 Å². The van der Waals surface area contributed by atoms with Crippen molar-refractivity contribution >= 4 is 10.2 Å². The maximum Gasteiger partial charge on any atom is 0.281 e. The molecule has 0 heterocycles. The van der Waals surface area contributed by atoms with Crippen molar-refractivity contribution in [3.05, 3.63) is 0 Å². The van der Waals surface area contributed by atoms with Gasteiger partial charge in [-0.05, 0) is 12.8 Å². The van der Waals surface area contributed by atoms with E-state index in [0.717, 1.165) is 12.8 Å².